The summed E-state index contributed by atoms with van der Waals surface area (Å²) in [5, 5.41) is 0. The van der Waals surface area contributed by atoms with Crippen molar-refractivity contribution in [2.45, 2.75) is 66.0 Å². The van der Waals surface area contributed by atoms with Crippen LogP contribution in [0.1, 0.15) is 52.9 Å². The third kappa shape index (κ3) is 25.4. The van der Waals surface area contributed by atoms with Gasteiger partial charge in [-0.2, -0.15) is 6.08 Å². The maximum absolute atomic E-state index is 10.5. The van der Waals surface area contributed by atoms with Gasteiger partial charge in [0, 0.05) is 9.52 Å². The summed E-state index contributed by atoms with van der Waals surface area (Å²) in [6, 6.07) is 0. The van der Waals surface area contributed by atoms with Crippen molar-refractivity contribution in [3.8, 4) is 0 Å². The molecule has 22 heavy (non-hydrogen) atoms. The topological polar surface area (TPSA) is 40.9 Å². The minimum atomic E-state index is -0.393. The van der Waals surface area contributed by atoms with Gasteiger partial charge in [0.2, 0.25) is 0 Å². The van der Waals surface area contributed by atoms with E-state index in [9.17, 15) is 4.79 Å². The largest absolute Gasteiger partial charge is 4.00 e. The van der Waals surface area contributed by atoms with Crippen LogP contribution in [0.2, 0.25) is 13.1 Å². The third-order valence-electron chi connectivity index (χ3n) is 2.64. The summed E-state index contributed by atoms with van der Waals surface area (Å²) in [7, 11) is 0.750. The molecule has 0 aromatic heterocycles. The Morgan fingerprint density at radius 3 is 2.05 bits per heavy atom. The molecule has 0 saturated heterocycles. The molecule has 6 heteroatoms. The van der Waals surface area contributed by atoms with Gasteiger partial charge in [-0.25, -0.2) is 11.6 Å². The average Bonchev–Trinajstić information content (AvgIpc) is 2.83. The van der Waals surface area contributed by atoms with E-state index in [1.54, 1.807) is 0 Å². The minimum absolute atomic E-state index is 0. The fraction of sp³-hybridized carbons (Fsp3) is 0.688. The summed E-state index contributed by atoms with van der Waals surface area (Å²) in [4.78, 5) is 10.5. The van der Waals surface area contributed by atoms with E-state index >= 15 is 0 Å². The molecule has 0 aromatic rings. The SMILES string of the molecule is CC1=CC[C-]=C1.CCCCC(CC)C([NH-])=O.C[SiH]C.[Cl-].[Cl-].[Ti+4]. The Labute approximate surface area is 167 Å². The van der Waals surface area contributed by atoms with E-state index in [0.29, 0.717) is 0 Å². The smallest absolute Gasteiger partial charge is 1.00 e. The Balaban J connectivity index is -0.0000000697. The van der Waals surface area contributed by atoms with Crippen LogP contribution in [0.5, 0.6) is 0 Å². The average molecular weight is 399 g/mol. The third-order valence-corrected chi connectivity index (χ3v) is 2.64. The Bertz CT molecular complexity index is 285. The number of unbranched alkanes of at least 4 members (excludes halogenated alkanes) is 1. The summed E-state index contributed by atoms with van der Waals surface area (Å²) < 4.78 is 0. The molecule has 0 aromatic carbocycles. The number of halogens is 2. The van der Waals surface area contributed by atoms with Crippen molar-refractivity contribution in [1.82, 2.24) is 0 Å². The van der Waals surface area contributed by atoms with Crippen LogP contribution in [0, 0.1) is 12.0 Å². The van der Waals surface area contributed by atoms with Crippen molar-refractivity contribution < 1.29 is 51.3 Å². The molecule has 1 rings (SSSR count). The van der Waals surface area contributed by atoms with Crippen LogP contribution in [-0.4, -0.2) is 15.4 Å². The number of amides is 1. The molecule has 1 amide bonds. The number of hydrogen-bond acceptors (Lipinski definition) is 1. The first kappa shape index (κ1) is 33.9. The molecule has 0 saturated carbocycles. The first-order valence-electron chi connectivity index (χ1n) is 7.26. The molecule has 2 nitrogen and oxygen atoms in total. The number of nitrogens with one attached hydrogen (secondary N) is 1. The predicted molar refractivity (Wildman–Crippen MR) is 87.7 cm³/mol. The molecular weight excluding hydrogens is 369 g/mol. The summed E-state index contributed by atoms with van der Waals surface area (Å²) in [6.45, 7) is 10.6. The Morgan fingerprint density at radius 2 is 1.86 bits per heavy atom. The molecule has 0 fully saturated rings. The van der Waals surface area contributed by atoms with E-state index in [1.807, 2.05) is 13.0 Å². The first-order chi connectivity index (χ1) is 9.03. The first-order valence-corrected chi connectivity index (χ1v) is 9.57. The number of rotatable bonds is 5. The molecule has 127 valence electrons. The molecule has 1 radical (unpaired) electrons. The Kier molecular flexibility index (Phi) is 40.7. The fourth-order valence-corrected chi connectivity index (χ4v) is 1.47. The summed E-state index contributed by atoms with van der Waals surface area (Å²) in [5.41, 5.74) is 8.22. The second kappa shape index (κ2) is 26.4. The molecular formula is C16H30Cl2NOSiTi. The van der Waals surface area contributed by atoms with Gasteiger partial charge in [-0.15, -0.1) is 13.3 Å². The van der Waals surface area contributed by atoms with Crippen molar-refractivity contribution in [3.63, 3.8) is 0 Å². The second-order valence-corrected chi connectivity index (χ2v) is 5.84. The summed E-state index contributed by atoms with van der Waals surface area (Å²) >= 11 is 0. The van der Waals surface area contributed by atoms with Gasteiger partial charge in [0.25, 0.3) is 0 Å². The standard InChI is InChI=1S/C8H17NO.C6H7.C2H7Si.2ClH.Ti/c1-3-5-6-7(4-2)8(9)10;1-6-4-2-3-5-6;1-3-2;;;/h7H,3-6H2,1-2H3,(H2,9,10);4-5H,2H2,1H3;3H,1-2H3;2*1H;/q;-1;;;;+4/p-3. The zero-order valence-corrected chi connectivity index (χ0v) is 18.7. The summed E-state index contributed by atoms with van der Waals surface area (Å²) in [6.07, 6.45) is 12.1. The van der Waals surface area contributed by atoms with Gasteiger partial charge in [0.15, 0.2) is 0 Å². The van der Waals surface area contributed by atoms with Gasteiger partial charge >= 0.3 is 21.7 Å². The van der Waals surface area contributed by atoms with Gasteiger partial charge in [0.1, 0.15) is 0 Å². The van der Waals surface area contributed by atoms with Crippen LogP contribution in [0.3, 0.4) is 0 Å². The Hall–Kier alpha value is 0.461. The maximum atomic E-state index is 10.5. The fourth-order valence-electron chi connectivity index (χ4n) is 1.47. The number of hydrogen-bond donors (Lipinski definition) is 0. The number of carbonyl (C=O) groups excluding carboxylic acids is 1. The molecule has 0 bridgehead atoms. The molecule has 1 N–H and O–H groups in total. The van der Waals surface area contributed by atoms with Gasteiger partial charge in [-0.05, 0) is 18.8 Å². The zero-order valence-electron chi connectivity index (χ0n) is 14.5. The monoisotopic (exact) mass is 398 g/mol. The van der Waals surface area contributed by atoms with Crippen LogP contribution in [0.25, 0.3) is 5.73 Å². The van der Waals surface area contributed by atoms with Crippen molar-refractivity contribution in [2.75, 3.05) is 0 Å². The quantitative estimate of drug-likeness (QED) is 0.432. The maximum Gasteiger partial charge on any atom is 4.00 e. The van der Waals surface area contributed by atoms with E-state index in [1.165, 1.54) is 5.57 Å². The van der Waals surface area contributed by atoms with Crippen molar-refractivity contribution in [1.29, 1.82) is 0 Å². The van der Waals surface area contributed by atoms with Crippen molar-refractivity contribution in [3.05, 3.63) is 29.5 Å². The van der Waals surface area contributed by atoms with E-state index in [-0.39, 0.29) is 52.4 Å². The molecule has 1 aliphatic carbocycles. The predicted octanol–water partition coefficient (Wildman–Crippen LogP) is -0.998. The normalized spacial score (nSPS) is 11.8. The minimum Gasteiger partial charge on any atom is -1.00 e. The van der Waals surface area contributed by atoms with Gasteiger partial charge in [-0.1, -0.05) is 39.8 Å². The number of allylic oxidation sites excluding steroid dienone is 4. The van der Waals surface area contributed by atoms with Gasteiger partial charge < -0.3 is 35.3 Å². The second-order valence-electron chi connectivity index (χ2n) is 4.69. The summed E-state index contributed by atoms with van der Waals surface area (Å²) in [5.74, 6) is -0.393. The van der Waals surface area contributed by atoms with E-state index in [0.717, 1.165) is 41.6 Å². The number of carbonyl (C=O) groups is 1. The van der Waals surface area contributed by atoms with Crippen LogP contribution < -0.4 is 24.8 Å². The molecule has 0 heterocycles. The molecule has 1 unspecified atom stereocenters. The van der Waals surface area contributed by atoms with Crippen molar-refractivity contribution >= 4 is 15.4 Å². The van der Waals surface area contributed by atoms with E-state index < -0.39 is 5.91 Å². The molecule has 0 aliphatic heterocycles. The van der Waals surface area contributed by atoms with Crippen LogP contribution >= 0.6 is 0 Å². The van der Waals surface area contributed by atoms with Crippen LogP contribution in [-0.2, 0) is 26.5 Å². The van der Waals surface area contributed by atoms with E-state index in [2.05, 4.69) is 39.1 Å². The van der Waals surface area contributed by atoms with Crippen LogP contribution in [0.4, 0.5) is 0 Å². The van der Waals surface area contributed by atoms with Crippen LogP contribution in [0.15, 0.2) is 17.7 Å². The molecule has 0 spiro atoms. The Morgan fingerprint density at radius 1 is 1.36 bits per heavy atom. The molecule has 1 atom stereocenters. The zero-order chi connectivity index (χ0) is 15.1. The van der Waals surface area contributed by atoms with Gasteiger partial charge in [-0.3, -0.25) is 6.08 Å². The van der Waals surface area contributed by atoms with Crippen molar-refractivity contribution in [2.24, 2.45) is 5.92 Å². The van der Waals surface area contributed by atoms with E-state index in [4.69, 9.17) is 5.73 Å². The van der Waals surface area contributed by atoms with Gasteiger partial charge in [0.05, 0.1) is 5.91 Å². The molecule has 1 aliphatic rings.